The summed E-state index contributed by atoms with van der Waals surface area (Å²) in [5.41, 5.74) is 0.442. The Morgan fingerprint density at radius 2 is 1.60 bits per heavy atom. The van der Waals surface area contributed by atoms with E-state index < -0.39 is 42.3 Å². The third-order valence-electron chi connectivity index (χ3n) is 4.74. The van der Waals surface area contributed by atoms with Crippen LogP contribution in [-0.2, 0) is 23.7 Å². The van der Waals surface area contributed by atoms with E-state index in [1.165, 1.54) is 25.3 Å². The molecular formula is C21H19NO8. The van der Waals surface area contributed by atoms with Gasteiger partial charge in [-0.15, -0.1) is 0 Å². The van der Waals surface area contributed by atoms with Gasteiger partial charge in [-0.2, -0.15) is 0 Å². The second-order valence-corrected chi connectivity index (χ2v) is 6.81. The van der Waals surface area contributed by atoms with Crippen molar-refractivity contribution in [3.8, 4) is 5.75 Å². The third kappa shape index (κ3) is 4.17. The molecule has 0 N–H and O–H groups in total. The highest BCUT2D eigenvalue weighted by Gasteiger charge is 2.51. The highest BCUT2D eigenvalue weighted by Crippen LogP contribution is 2.32. The van der Waals surface area contributed by atoms with E-state index in [9.17, 15) is 14.4 Å². The molecule has 1 aromatic heterocycles. The maximum Gasteiger partial charge on any atom is 0.342 e. The van der Waals surface area contributed by atoms with Crippen LogP contribution in [0.4, 0.5) is 0 Å². The Morgan fingerprint density at radius 3 is 2.23 bits per heavy atom. The number of aromatic nitrogens is 1. The van der Waals surface area contributed by atoms with Crippen molar-refractivity contribution in [1.82, 2.24) is 4.98 Å². The molecule has 0 radical (unpaired) electrons. The number of carbonyl (C=O) groups excluding carboxylic acids is 3. The molecule has 4 rings (SSSR count). The van der Waals surface area contributed by atoms with Gasteiger partial charge in [-0.25, -0.2) is 9.59 Å². The number of hydrogen-bond acceptors (Lipinski definition) is 9. The first-order valence-electron chi connectivity index (χ1n) is 9.35. The van der Waals surface area contributed by atoms with Crippen LogP contribution >= 0.6 is 0 Å². The van der Waals surface area contributed by atoms with E-state index in [4.69, 9.17) is 23.7 Å². The summed E-state index contributed by atoms with van der Waals surface area (Å²) in [6, 6.07) is 9.53. The Balaban J connectivity index is 1.39. The van der Waals surface area contributed by atoms with E-state index in [1.807, 2.05) is 0 Å². The molecule has 2 aliphatic heterocycles. The van der Waals surface area contributed by atoms with E-state index >= 15 is 0 Å². The molecule has 9 heteroatoms. The molecule has 0 spiro atoms. The first-order valence-corrected chi connectivity index (χ1v) is 9.35. The number of pyridine rings is 1. The second-order valence-electron chi connectivity index (χ2n) is 6.81. The van der Waals surface area contributed by atoms with Crippen molar-refractivity contribution >= 4 is 17.9 Å². The first-order chi connectivity index (χ1) is 14.5. The molecule has 30 heavy (non-hydrogen) atoms. The fraction of sp³-hybridized carbons (Fsp3) is 0.333. The van der Waals surface area contributed by atoms with Crippen molar-refractivity contribution < 1.29 is 38.1 Å². The number of hydrogen-bond donors (Lipinski definition) is 0. The van der Waals surface area contributed by atoms with Gasteiger partial charge < -0.3 is 23.7 Å². The number of para-hydroxylation sites is 1. The summed E-state index contributed by atoms with van der Waals surface area (Å²) >= 11 is 0. The van der Waals surface area contributed by atoms with Gasteiger partial charge in [0.1, 0.15) is 23.5 Å². The predicted molar refractivity (Wildman–Crippen MR) is 99.9 cm³/mol. The monoisotopic (exact) mass is 413 g/mol. The van der Waals surface area contributed by atoms with Gasteiger partial charge in [0.25, 0.3) is 0 Å². The summed E-state index contributed by atoms with van der Waals surface area (Å²) in [6.45, 7) is 1.47. The van der Waals surface area contributed by atoms with Crippen LogP contribution in [0.15, 0.2) is 48.8 Å². The van der Waals surface area contributed by atoms with Gasteiger partial charge in [-0.3, -0.25) is 9.78 Å². The molecule has 3 heterocycles. The Bertz CT molecular complexity index is 947. The number of rotatable bonds is 5. The molecule has 0 unspecified atom stereocenters. The van der Waals surface area contributed by atoms with Crippen LogP contribution in [0.5, 0.6) is 5.75 Å². The van der Waals surface area contributed by atoms with Crippen LogP contribution in [0.2, 0.25) is 0 Å². The van der Waals surface area contributed by atoms with Crippen molar-refractivity contribution in [3.63, 3.8) is 0 Å². The zero-order chi connectivity index (χ0) is 21.1. The lowest BCUT2D eigenvalue weighted by molar-refractivity contribution is -0.131. The van der Waals surface area contributed by atoms with E-state index in [0.717, 1.165) is 0 Å². The molecule has 0 saturated carbocycles. The lowest BCUT2D eigenvalue weighted by Crippen LogP contribution is -2.36. The Morgan fingerprint density at radius 1 is 0.933 bits per heavy atom. The van der Waals surface area contributed by atoms with Crippen LogP contribution in [-0.4, -0.2) is 60.5 Å². The van der Waals surface area contributed by atoms with Gasteiger partial charge >= 0.3 is 17.9 Å². The van der Waals surface area contributed by atoms with E-state index in [1.54, 1.807) is 30.5 Å². The normalized spacial score (nSPS) is 24.7. The summed E-state index contributed by atoms with van der Waals surface area (Å²) in [7, 11) is 0. The molecular weight excluding hydrogens is 394 g/mol. The van der Waals surface area contributed by atoms with Gasteiger partial charge in [0.15, 0.2) is 12.2 Å². The summed E-state index contributed by atoms with van der Waals surface area (Å²) in [6.07, 6.45) is 0.545. The molecule has 1 aromatic carbocycles. The minimum atomic E-state index is -0.685. The Hall–Kier alpha value is -3.30. The van der Waals surface area contributed by atoms with Crippen molar-refractivity contribution in [2.24, 2.45) is 0 Å². The molecule has 4 atom stereocenters. The van der Waals surface area contributed by atoms with Crippen molar-refractivity contribution in [2.45, 2.75) is 31.3 Å². The number of carbonyl (C=O) groups is 3. The molecule has 0 bridgehead atoms. The van der Waals surface area contributed by atoms with Gasteiger partial charge in [-0.1, -0.05) is 12.1 Å². The summed E-state index contributed by atoms with van der Waals surface area (Å²) in [5.74, 6) is -1.63. The minimum absolute atomic E-state index is 0.0950. The average molecular weight is 413 g/mol. The van der Waals surface area contributed by atoms with E-state index in [-0.39, 0.29) is 24.5 Å². The summed E-state index contributed by atoms with van der Waals surface area (Å²) in [4.78, 5) is 40.0. The molecule has 2 aliphatic rings. The number of benzene rings is 1. The van der Waals surface area contributed by atoms with Gasteiger partial charge in [0.2, 0.25) is 0 Å². The highest BCUT2D eigenvalue weighted by atomic mass is 16.7. The first kappa shape index (κ1) is 20.0. The molecule has 156 valence electrons. The lowest BCUT2D eigenvalue weighted by atomic mass is 10.1. The van der Waals surface area contributed by atoms with Gasteiger partial charge in [0, 0.05) is 19.3 Å². The van der Waals surface area contributed by atoms with Crippen LogP contribution in [0, 0.1) is 0 Å². The predicted octanol–water partition coefficient (Wildman–Crippen LogP) is 1.56. The lowest BCUT2D eigenvalue weighted by Gasteiger charge is -2.18. The number of fused-ring (bicyclic) bond motifs is 1. The molecule has 9 nitrogen and oxygen atoms in total. The van der Waals surface area contributed by atoms with Gasteiger partial charge in [0.05, 0.1) is 18.8 Å². The summed E-state index contributed by atoms with van der Waals surface area (Å²) in [5, 5.41) is 0. The SMILES string of the molecule is CC(=O)Oc1ccccc1C(=O)O[C@H]1CO[C@H]2[C@@H]1OC[C@H]2OC(=O)c1cccnc1. The van der Waals surface area contributed by atoms with E-state index in [2.05, 4.69) is 4.98 Å². The topological polar surface area (TPSA) is 110 Å². The second kappa shape index (κ2) is 8.60. The Labute approximate surface area is 171 Å². The Kier molecular flexibility index (Phi) is 5.73. The smallest absolute Gasteiger partial charge is 0.342 e. The van der Waals surface area contributed by atoms with Gasteiger partial charge in [-0.05, 0) is 24.3 Å². The zero-order valence-electron chi connectivity index (χ0n) is 16.1. The highest BCUT2D eigenvalue weighted by molar-refractivity contribution is 5.93. The third-order valence-corrected chi connectivity index (χ3v) is 4.74. The van der Waals surface area contributed by atoms with Crippen LogP contribution < -0.4 is 4.74 Å². The quantitative estimate of drug-likeness (QED) is 0.532. The number of esters is 3. The van der Waals surface area contributed by atoms with E-state index in [0.29, 0.717) is 5.56 Å². The standard InChI is InChI=1S/C21H19NO8/c1-12(23)28-15-7-3-2-6-14(15)21(25)30-17-11-27-18-16(10-26-19(17)18)29-20(24)13-5-4-8-22-9-13/h2-9,16-19H,10-11H2,1H3/t16-,17+,18-,19-/m1/s1. The largest absolute Gasteiger partial charge is 0.453 e. The maximum absolute atomic E-state index is 12.6. The van der Waals surface area contributed by atoms with Crippen molar-refractivity contribution in [1.29, 1.82) is 0 Å². The fourth-order valence-electron chi connectivity index (χ4n) is 3.40. The molecule has 2 aromatic rings. The number of nitrogens with zero attached hydrogens (tertiary/aromatic N) is 1. The molecule has 2 fully saturated rings. The number of ether oxygens (including phenoxy) is 5. The maximum atomic E-state index is 12.6. The van der Waals surface area contributed by atoms with Crippen molar-refractivity contribution in [3.05, 3.63) is 59.9 Å². The van der Waals surface area contributed by atoms with Crippen molar-refractivity contribution in [2.75, 3.05) is 13.2 Å². The summed E-state index contributed by atoms with van der Waals surface area (Å²) < 4.78 is 27.5. The minimum Gasteiger partial charge on any atom is -0.453 e. The molecule has 0 amide bonds. The zero-order valence-corrected chi connectivity index (χ0v) is 16.1. The molecule has 0 aliphatic carbocycles. The molecule has 2 saturated heterocycles. The fourth-order valence-corrected chi connectivity index (χ4v) is 3.40. The van der Waals surface area contributed by atoms with Crippen LogP contribution in [0.25, 0.3) is 0 Å². The average Bonchev–Trinajstić information content (AvgIpc) is 3.32. The van der Waals surface area contributed by atoms with Crippen LogP contribution in [0.3, 0.4) is 0 Å². The van der Waals surface area contributed by atoms with Crippen LogP contribution in [0.1, 0.15) is 27.6 Å².